The maximum absolute atomic E-state index is 13.3. The molecular formula is C28H28N6O7S. The third-order valence-corrected chi connectivity index (χ3v) is 7.35. The number of rotatable bonds is 13. The summed E-state index contributed by atoms with van der Waals surface area (Å²) in [6.45, 7) is -1.13. The van der Waals surface area contributed by atoms with Crippen molar-refractivity contribution >= 4 is 67.8 Å². The first-order chi connectivity index (χ1) is 20.1. The Hall–Kier alpha value is -5.24. The molecule has 218 valence electrons. The van der Waals surface area contributed by atoms with Crippen molar-refractivity contribution in [3.63, 3.8) is 0 Å². The van der Waals surface area contributed by atoms with E-state index in [4.69, 9.17) is 10.8 Å². The van der Waals surface area contributed by atoms with Crippen molar-refractivity contribution in [2.45, 2.75) is 24.9 Å². The van der Waals surface area contributed by atoms with Gasteiger partial charge in [0.1, 0.15) is 24.3 Å². The smallest absolute Gasteiger partial charge is 0.322 e. The molecule has 0 aliphatic rings. The zero-order chi connectivity index (χ0) is 30.2. The number of thiophene rings is 1. The minimum atomic E-state index is -1.41. The van der Waals surface area contributed by atoms with Gasteiger partial charge in [0.15, 0.2) is 0 Å². The first kappa shape index (κ1) is 29.7. The van der Waals surface area contributed by atoms with E-state index in [0.29, 0.717) is 4.88 Å². The Labute approximate surface area is 242 Å². The second-order valence-corrected chi connectivity index (χ2v) is 10.4. The molecule has 13 nitrogen and oxygen atoms in total. The molecule has 0 aliphatic carbocycles. The van der Waals surface area contributed by atoms with Crippen LogP contribution in [0.2, 0.25) is 0 Å². The van der Waals surface area contributed by atoms with Crippen molar-refractivity contribution in [1.82, 2.24) is 26.3 Å². The van der Waals surface area contributed by atoms with Crippen LogP contribution in [-0.4, -0.2) is 70.8 Å². The Morgan fingerprint density at radius 3 is 2.24 bits per heavy atom. The maximum atomic E-state index is 13.3. The standard InChI is InChI=1S/C28H28N6O7S/c29-23(35)10-9-18(33-28(41)22-12-16-6-2-4-8-21(16)42-22)27(40)34-20(26(39)31-14-24(36)37)13-30-25(38)19-11-15-5-1-3-7-17(15)32-19/h1-8,11-12,18,20,32H,9-10,13-14H2,(H2,29,35)(H,30,38)(H,31,39)(H,33,41)(H,34,40)(H,36,37). The Kier molecular flexibility index (Phi) is 9.50. The van der Waals surface area contributed by atoms with Crippen molar-refractivity contribution in [3.05, 3.63) is 71.2 Å². The number of hydrogen-bond donors (Lipinski definition) is 7. The zero-order valence-corrected chi connectivity index (χ0v) is 23.0. The molecule has 2 unspecified atom stereocenters. The molecule has 5 amide bonds. The van der Waals surface area contributed by atoms with E-state index in [-0.39, 0.29) is 18.5 Å². The molecule has 2 heterocycles. The number of H-pyrrole nitrogens is 1. The third-order valence-electron chi connectivity index (χ3n) is 6.24. The highest BCUT2D eigenvalue weighted by Crippen LogP contribution is 2.25. The molecule has 4 aromatic rings. The highest BCUT2D eigenvalue weighted by Gasteiger charge is 2.28. The second-order valence-electron chi connectivity index (χ2n) is 9.33. The van der Waals surface area contributed by atoms with Gasteiger partial charge in [-0.25, -0.2) is 0 Å². The number of carboxylic acids is 1. The van der Waals surface area contributed by atoms with Gasteiger partial charge >= 0.3 is 5.97 Å². The van der Waals surface area contributed by atoms with Gasteiger partial charge in [0.25, 0.3) is 11.8 Å². The molecule has 4 rings (SSSR count). The van der Waals surface area contributed by atoms with E-state index in [0.717, 1.165) is 21.0 Å². The molecule has 0 radical (unpaired) electrons. The first-order valence-electron chi connectivity index (χ1n) is 12.8. The number of carboxylic acid groups (broad SMARTS) is 1. The Morgan fingerprint density at radius 2 is 1.55 bits per heavy atom. The third kappa shape index (κ3) is 7.69. The SMILES string of the molecule is NC(=O)CCC(NC(=O)c1cc2ccccc2s1)C(=O)NC(CNC(=O)c1cc2ccccc2[nH]1)C(=O)NCC(=O)O. The van der Waals surface area contributed by atoms with Crippen LogP contribution in [0, 0.1) is 0 Å². The van der Waals surface area contributed by atoms with Crippen molar-refractivity contribution in [1.29, 1.82) is 0 Å². The van der Waals surface area contributed by atoms with E-state index in [1.54, 1.807) is 24.3 Å². The summed E-state index contributed by atoms with van der Waals surface area (Å²) in [6, 6.07) is 15.1. The van der Waals surface area contributed by atoms with Crippen LogP contribution in [0.1, 0.15) is 33.0 Å². The van der Waals surface area contributed by atoms with Crippen LogP contribution in [-0.2, 0) is 19.2 Å². The zero-order valence-electron chi connectivity index (χ0n) is 22.1. The van der Waals surface area contributed by atoms with Crippen LogP contribution in [0.5, 0.6) is 0 Å². The molecule has 0 saturated heterocycles. The van der Waals surface area contributed by atoms with Gasteiger partial charge in [-0.3, -0.25) is 28.8 Å². The van der Waals surface area contributed by atoms with E-state index < -0.39 is 60.7 Å². The average molecular weight is 593 g/mol. The van der Waals surface area contributed by atoms with Crippen molar-refractivity contribution in [2.24, 2.45) is 5.73 Å². The summed E-state index contributed by atoms with van der Waals surface area (Å²) >= 11 is 1.22. The number of benzene rings is 2. The highest BCUT2D eigenvalue weighted by molar-refractivity contribution is 7.20. The fourth-order valence-electron chi connectivity index (χ4n) is 4.13. The summed E-state index contributed by atoms with van der Waals surface area (Å²) in [6.07, 6.45) is -0.402. The van der Waals surface area contributed by atoms with Crippen molar-refractivity contribution in [2.75, 3.05) is 13.1 Å². The number of para-hydroxylation sites is 1. The quantitative estimate of drug-likeness (QED) is 0.119. The Balaban J connectivity index is 1.48. The molecule has 2 aromatic heterocycles. The lowest BCUT2D eigenvalue weighted by atomic mass is 10.1. The molecule has 14 heteroatoms. The number of hydrogen-bond acceptors (Lipinski definition) is 7. The first-order valence-corrected chi connectivity index (χ1v) is 13.7. The fourth-order valence-corrected chi connectivity index (χ4v) is 5.10. The number of carbonyl (C=O) groups excluding carboxylic acids is 5. The van der Waals surface area contributed by atoms with Gasteiger partial charge in [0.2, 0.25) is 17.7 Å². The van der Waals surface area contributed by atoms with E-state index in [1.807, 2.05) is 36.4 Å². The van der Waals surface area contributed by atoms with Crippen molar-refractivity contribution in [3.8, 4) is 0 Å². The number of nitrogens with two attached hydrogens (primary N) is 1. The molecule has 0 spiro atoms. The highest BCUT2D eigenvalue weighted by atomic mass is 32.1. The summed E-state index contributed by atoms with van der Waals surface area (Å²) in [7, 11) is 0. The van der Waals surface area contributed by atoms with Gasteiger partial charge in [-0.2, -0.15) is 0 Å². The molecule has 0 aliphatic heterocycles. The van der Waals surface area contributed by atoms with Gasteiger partial charge in [-0.1, -0.05) is 36.4 Å². The average Bonchev–Trinajstić information content (AvgIpc) is 3.60. The van der Waals surface area contributed by atoms with Gasteiger partial charge in [0, 0.05) is 28.6 Å². The monoisotopic (exact) mass is 592 g/mol. The van der Waals surface area contributed by atoms with Crippen LogP contribution in [0.25, 0.3) is 21.0 Å². The van der Waals surface area contributed by atoms with Crippen molar-refractivity contribution < 1.29 is 33.9 Å². The van der Waals surface area contributed by atoms with E-state index >= 15 is 0 Å². The van der Waals surface area contributed by atoms with Crippen LogP contribution in [0.15, 0.2) is 60.7 Å². The largest absolute Gasteiger partial charge is 0.480 e. The molecule has 2 aromatic carbocycles. The van der Waals surface area contributed by atoms with Gasteiger partial charge in [0.05, 0.1) is 4.88 Å². The maximum Gasteiger partial charge on any atom is 0.322 e. The number of fused-ring (bicyclic) bond motifs is 2. The summed E-state index contributed by atoms with van der Waals surface area (Å²) in [5.74, 6) is -4.87. The fraction of sp³-hybridized carbons (Fsp3) is 0.214. The minimum absolute atomic E-state index is 0.164. The Bertz CT molecular complexity index is 1600. The molecule has 0 bridgehead atoms. The topological polar surface area (TPSA) is 213 Å². The summed E-state index contributed by atoms with van der Waals surface area (Å²) < 4.78 is 0.863. The van der Waals surface area contributed by atoms with Crippen LogP contribution in [0.4, 0.5) is 0 Å². The number of aliphatic carboxylic acids is 1. The number of aromatic amines is 1. The lowest BCUT2D eigenvalue weighted by Gasteiger charge is -2.23. The lowest BCUT2D eigenvalue weighted by molar-refractivity contribution is -0.138. The molecule has 8 N–H and O–H groups in total. The predicted octanol–water partition coefficient (Wildman–Crippen LogP) is 0.862. The second kappa shape index (κ2) is 13.4. The van der Waals surface area contributed by atoms with Crippen LogP contribution < -0.4 is 27.0 Å². The molecule has 0 saturated carbocycles. The van der Waals surface area contributed by atoms with Crippen LogP contribution >= 0.6 is 11.3 Å². The number of amides is 5. The summed E-state index contributed by atoms with van der Waals surface area (Å²) in [4.78, 5) is 77.6. The number of primary amides is 1. The van der Waals surface area contributed by atoms with E-state index in [2.05, 4.69) is 26.3 Å². The minimum Gasteiger partial charge on any atom is -0.480 e. The predicted molar refractivity (Wildman–Crippen MR) is 155 cm³/mol. The van der Waals surface area contributed by atoms with Gasteiger partial charge in [-0.15, -0.1) is 11.3 Å². The Morgan fingerprint density at radius 1 is 0.833 bits per heavy atom. The van der Waals surface area contributed by atoms with Crippen LogP contribution in [0.3, 0.4) is 0 Å². The molecule has 42 heavy (non-hydrogen) atoms. The lowest BCUT2D eigenvalue weighted by Crippen LogP contribution is -2.57. The molecule has 0 fully saturated rings. The molecular weight excluding hydrogens is 564 g/mol. The normalized spacial score (nSPS) is 12.3. The summed E-state index contributed by atoms with van der Waals surface area (Å²) in [5, 5.41) is 20.4. The van der Waals surface area contributed by atoms with Gasteiger partial charge < -0.3 is 37.1 Å². The molecule has 2 atom stereocenters. The number of carbonyl (C=O) groups is 6. The van der Waals surface area contributed by atoms with E-state index in [9.17, 15) is 28.8 Å². The summed E-state index contributed by atoms with van der Waals surface area (Å²) in [5.41, 5.74) is 6.19. The van der Waals surface area contributed by atoms with Gasteiger partial charge in [-0.05, 0) is 36.1 Å². The number of aromatic nitrogens is 1. The van der Waals surface area contributed by atoms with E-state index in [1.165, 1.54) is 11.3 Å². The number of nitrogens with one attached hydrogen (secondary N) is 5.